The summed E-state index contributed by atoms with van der Waals surface area (Å²) in [6.45, 7) is 6.63. The van der Waals surface area contributed by atoms with Gasteiger partial charge >= 0.3 is 5.97 Å². The van der Waals surface area contributed by atoms with Crippen LogP contribution in [0.15, 0.2) is 29.2 Å². The van der Waals surface area contributed by atoms with E-state index in [2.05, 4.69) is 6.07 Å². The molecule has 4 heteroatoms. The molecule has 0 radical (unpaired) electrons. The third kappa shape index (κ3) is 4.35. The number of carbonyl (C=O) groups excluding carboxylic acids is 1. The zero-order valence-corrected chi connectivity index (χ0v) is 12.0. The van der Waals surface area contributed by atoms with Crippen LogP contribution in [0.4, 0.5) is 0 Å². The number of nitrogens with two attached hydrogens (primary N) is 1. The van der Waals surface area contributed by atoms with Crippen molar-refractivity contribution in [1.82, 2.24) is 0 Å². The minimum absolute atomic E-state index is 0.181. The Balaban J connectivity index is 2.76. The third-order valence-corrected chi connectivity index (χ3v) is 3.64. The normalized spacial score (nSPS) is 11.3. The molecule has 0 aliphatic heterocycles. The summed E-state index contributed by atoms with van der Waals surface area (Å²) in [4.78, 5) is 12.9. The predicted molar refractivity (Wildman–Crippen MR) is 75.8 cm³/mol. The first-order valence-corrected chi connectivity index (χ1v) is 6.96. The Morgan fingerprint density at radius 2 is 2.17 bits per heavy atom. The molecule has 0 spiro atoms. The van der Waals surface area contributed by atoms with Crippen molar-refractivity contribution in [2.75, 3.05) is 13.2 Å². The van der Waals surface area contributed by atoms with E-state index in [9.17, 15) is 4.79 Å². The van der Waals surface area contributed by atoms with E-state index in [1.165, 1.54) is 17.3 Å². The van der Waals surface area contributed by atoms with E-state index in [0.717, 1.165) is 11.3 Å². The number of esters is 1. The summed E-state index contributed by atoms with van der Waals surface area (Å²) in [6, 6.07) is 8.13. The van der Waals surface area contributed by atoms with Crippen LogP contribution in [0.1, 0.15) is 26.3 Å². The van der Waals surface area contributed by atoms with Crippen molar-refractivity contribution in [3.05, 3.63) is 29.8 Å². The highest BCUT2D eigenvalue weighted by molar-refractivity contribution is 8.01. The molecule has 0 bridgehead atoms. The quantitative estimate of drug-likeness (QED) is 0.636. The topological polar surface area (TPSA) is 52.3 Å². The summed E-state index contributed by atoms with van der Waals surface area (Å²) in [5.74, 6) is -0.181. The van der Waals surface area contributed by atoms with Crippen LogP contribution in [0.5, 0.6) is 0 Å². The van der Waals surface area contributed by atoms with E-state index in [1.807, 2.05) is 39.0 Å². The summed E-state index contributed by atoms with van der Waals surface area (Å²) >= 11 is 1.52. The van der Waals surface area contributed by atoms with Gasteiger partial charge in [0.25, 0.3) is 0 Å². The van der Waals surface area contributed by atoms with Gasteiger partial charge < -0.3 is 10.5 Å². The molecule has 0 saturated carbocycles. The van der Waals surface area contributed by atoms with Gasteiger partial charge in [-0.1, -0.05) is 12.1 Å². The van der Waals surface area contributed by atoms with Crippen LogP contribution in [-0.2, 0) is 16.0 Å². The van der Waals surface area contributed by atoms with Crippen molar-refractivity contribution in [2.45, 2.75) is 36.8 Å². The lowest BCUT2D eigenvalue weighted by atomic mass is 10.1. The number of thioether (sulfide) groups is 1. The molecule has 1 aromatic carbocycles. The number of hydrogen-bond acceptors (Lipinski definition) is 4. The molecular formula is C14H21NO2S. The lowest BCUT2D eigenvalue weighted by molar-refractivity contribution is -0.145. The first-order chi connectivity index (χ1) is 8.49. The Morgan fingerprint density at radius 1 is 1.44 bits per heavy atom. The standard InChI is InChI=1S/C14H21NO2S/c1-4-17-13(16)14(2,3)18-12-7-5-6-11(10-12)8-9-15/h5-7,10H,4,8-9,15H2,1-3H3. The average Bonchev–Trinajstić information content (AvgIpc) is 2.29. The largest absolute Gasteiger partial charge is 0.465 e. The Labute approximate surface area is 113 Å². The molecule has 0 amide bonds. The number of hydrogen-bond donors (Lipinski definition) is 1. The fraction of sp³-hybridized carbons (Fsp3) is 0.500. The van der Waals surface area contributed by atoms with Crippen molar-refractivity contribution >= 4 is 17.7 Å². The molecule has 1 aromatic rings. The maximum atomic E-state index is 11.8. The van der Waals surface area contributed by atoms with E-state index in [1.54, 1.807) is 0 Å². The van der Waals surface area contributed by atoms with E-state index in [4.69, 9.17) is 10.5 Å². The minimum Gasteiger partial charge on any atom is -0.465 e. The summed E-state index contributed by atoms with van der Waals surface area (Å²) in [5.41, 5.74) is 6.74. The first kappa shape index (κ1) is 15.1. The van der Waals surface area contributed by atoms with Crippen molar-refractivity contribution < 1.29 is 9.53 Å². The van der Waals surface area contributed by atoms with Gasteiger partial charge in [0.15, 0.2) is 0 Å². The molecule has 0 fully saturated rings. The van der Waals surface area contributed by atoms with Gasteiger partial charge in [-0.05, 0) is 51.4 Å². The number of rotatable bonds is 6. The molecule has 0 saturated heterocycles. The maximum Gasteiger partial charge on any atom is 0.321 e. The zero-order valence-electron chi connectivity index (χ0n) is 11.2. The average molecular weight is 267 g/mol. The summed E-state index contributed by atoms with van der Waals surface area (Å²) < 4.78 is 4.50. The third-order valence-electron chi connectivity index (χ3n) is 2.47. The summed E-state index contributed by atoms with van der Waals surface area (Å²) in [6.07, 6.45) is 0.855. The van der Waals surface area contributed by atoms with Crippen LogP contribution >= 0.6 is 11.8 Å². The zero-order chi connectivity index (χ0) is 13.6. The van der Waals surface area contributed by atoms with Crippen molar-refractivity contribution in [2.24, 2.45) is 5.73 Å². The van der Waals surface area contributed by atoms with Gasteiger partial charge in [-0.15, -0.1) is 11.8 Å². The fourth-order valence-corrected chi connectivity index (χ4v) is 2.66. The smallest absolute Gasteiger partial charge is 0.321 e. The monoisotopic (exact) mass is 267 g/mol. The van der Waals surface area contributed by atoms with Crippen LogP contribution in [0.25, 0.3) is 0 Å². The molecule has 1 rings (SSSR count). The van der Waals surface area contributed by atoms with Crippen LogP contribution in [0, 0.1) is 0 Å². The van der Waals surface area contributed by atoms with Gasteiger partial charge in [0, 0.05) is 4.90 Å². The number of carbonyl (C=O) groups is 1. The van der Waals surface area contributed by atoms with Crippen molar-refractivity contribution in [3.8, 4) is 0 Å². The van der Waals surface area contributed by atoms with Crippen LogP contribution < -0.4 is 5.73 Å². The highest BCUT2D eigenvalue weighted by atomic mass is 32.2. The second kappa shape index (κ2) is 6.81. The van der Waals surface area contributed by atoms with Gasteiger partial charge in [-0.2, -0.15) is 0 Å². The van der Waals surface area contributed by atoms with E-state index in [0.29, 0.717) is 13.2 Å². The molecule has 2 N–H and O–H groups in total. The second-order valence-corrected chi connectivity index (χ2v) is 6.22. The molecule has 0 atom stereocenters. The Bertz CT molecular complexity index is 405. The highest BCUT2D eigenvalue weighted by Gasteiger charge is 2.30. The minimum atomic E-state index is -0.572. The molecule has 0 heterocycles. The lowest BCUT2D eigenvalue weighted by Crippen LogP contribution is -2.29. The molecule has 0 aromatic heterocycles. The van der Waals surface area contributed by atoms with Gasteiger partial charge in [-0.3, -0.25) is 4.79 Å². The lowest BCUT2D eigenvalue weighted by Gasteiger charge is -2.21. The first-order valence-electron chi connectivity index (χ1n) is 6.15. The van der Waals surface area contributed by atoms with E-state index >= 15 is 0 Å². The van der Waals surface area contributed by atoms with Crippen LogP contribution in [-0.4, -0.2) is 23.9 Å². The molecule has 0 aliphatic rings. The molecule has 0 unspecified atom stereocenters. The summed E-state index contributed by atoms with van der Waals surface area (Å²) in [5, 5.41) is 0. The Morgan fingerprint density at radius 3 is 2.78 bits per heavy atom. The van der Waals surface area contributed by atoms with Crippen molar-refractivity contribution in [1.29, 1.82) is 0 Å². The predicted octanol–water partition coefficient (Wildman–Crippen LogP) is 2.62. The molecule has 100 valence electrons. The number of ether oxygens (including phenoxy) is 1. The second-order valence-electron chi connectivity index (χ2n) is 4.52. The van der Waals surface area contributed by atoms with Gasteiger partial charge in [0.05, 0.1) is 6.61 Å². The molecule has 0 aliphatic carbocycles. The highest BCUT2D eigenvalue weighted by Crippen LogP contribution is 2.33. The molecule has 3 nitrogen and oxygen atoms in total. The molecular weight excluding hydrogens is 246 g/mol. The van der Waals surface area contributed by atoms with Crippen molar-refractivity contribution in [3.63, 3.8) is 0 Å². The van der Waals surface area contributed by atoms with E-state index < -0.39 is 4.75 Å². The fourth-order valence-electron chi connectivity index (χ4n) is 1.57. The Hall–Kier alpha value is -1.00. The molecule has 18 heavy (non-hydrogen) atoms. The van der Waals surface area contributed by atoms with Gasteiger partial charge in [0.2, 0.25) is 0 Å². The SMILES string of the molecule is CCOC(=O)C(C)(C)Sc1cccc(CCN)c1. The maximum absolute atomic E-state index is 11.8. The van der Waals surface area contributed by atoms with Crippen LogP contribution in [0.2, 0.25) is 0 Å². The summed E-state index contributed by atoms with van der Waals surface area (Å²) in [7, 11) is 0. The number of benzene rings is 1. The van der Waals surface area contributed by atoms with Gasteiger partial charge in [-0.25, -0.2) is 0 Å². The van der Waals surface area contributed by atoms with E-state index in [-0.39, 0.29) is 5.97 Å². The van der Waals surface area contributed by atoms with Gasteiger partial charge in [0.1, 0.15) is 4.75 Å². The Kier molecular flexibility index (Phi) is 5.69. The van der Waals surface area contributed by atoms with Crippen LogP contribution in [0.3, 0.4) is 0 Å².